The Kier molecular flexibility index (Phi) is 53.1. The van der Waals surface area contributed by atoms with Gasteiger partial charge in [-0.15, -0.1) is 0 Å². The van der Waals surface area contributed by atoms with Crippen LogP contribution < -0.4 is 32.7 Å². The van der Waals surface area contributed by atoms with Crippen molar-refractivity contribution in [3.8, 4) is 0 Å². The lowest BCUT2D eigenvalue weighted by molar-refractivity contribution is -0.149. The molecule has 3 amide bonds. The summed E-state index contributed by atoms with van der Waals surface area (Å²) in [4.78, 5) is 135. The lowest BCUT2D eigenvalue weighted by atomic mass is 10.1. The van der Waals surface area contributed by atoms with Gasteiger partial charge in [0.15, 0.2) is 0 Å². The Labute approximate surface area is 484 Å². The average molecular weight is 1200 g/mol. The molecule has 34 heteroatoms. The third kappa shape index (κ3) is 45.4. The Hall–Kier alpha value is -6.76. The number of nitrogens with one attached hydrogen (secondary N) is 4. The summed E-state index contributed by atoms with van der Waals surface area (Å²) in [5.41, 5.74) is 9.98. The molecule has 0 unspecified atom stereocenters. The Bertz CT molecular complexity index is 1850. The minimum absolute atomic E-state index is 0.0382. The molecule has 34 nitrogen and oxygen atoms in total. The third-order valence-electron chi connectivity index (χ3n) is 11.5. The second kappa shape index (κ2) is 53.3. The number of hydrogen-bond acceptors (Lipinski definition) is 28. The smallest absolute Gasteiger partial charge is 0.325 e. The number of hydrogen-bond donors (Lipinski definition) is 11. The van der Waals surface area contributed by atoms with Crippen molar-refractivity contribution in [1.29, 1.82) is 0 Å². The van der Waals surface area contributed by atoms with Gasteiger partial charge in [-0.25, -0.2) is 0 Å². The number of rotatable bonds is 30. The number of ether oxygens (including phenoxy) is 6. The lowest BCUT2D eigenvalue weighted by Crippen LogP contribution is -2.57. The van der Waals surface area contributed by atoms with Gasteiger partial charge in [-0.05, 0) is 55.0 Å². The molecular formula is C49H93N11O23. The van der Waals surface area contributed by atoms with Crippen LogP contribution in [0.15, 0.2) is 0 Å². The molecule has 0 aromatic rings. The first-order chi connectivity index (χ1) is 39.2. The van der Waals surface area contributed by atoms with Crippen LogP contribution in [0.4, 0.5) is 0 Å². The van der Waals surface area contributed by atoms with Gasteiger partial charge in [-0.2, -0.15) is 0 Å². The predicted octanol–water partition coefficient (Wildman–Crippen LogP) is -6.69. The van der Waals surface area contributed by atoms with Gasteiger partial charge in [-0.3, -0.25) is 57.5 Å². The molecule has 3 fully saturated rings. The molecular weight excluding hydrogens is 1110 g/mol. The normalized spacial score (nSPS) is 17.9. The number of esters is 2. The maximum atomic E-state index is 11.9. The number of aliphatic hydroxyl groups excluding tert-OH is 2. The number of methoxy groups -OCH3 is 1. The second-order valence-corrected chi connectivity index (χ2v) is 18.0. The minimum Gasteiger partial charge on any atom is -0.480 e. The average Bonchev–Trinajstić information content (AvgIpc) is 3.44. The molecule has 3 rings (SSSR count). The highest BCUT2D eigenvalue weighted by molar-refractivity contribution is 5.96. The summed E-state index contributed by atoms with van der Waals surface area (Å²) >= 11 is 0. The van der Waals surface area contributed by atoms with Gasteiger partial charge in [0.1, 0.15) is 37.3 Å². The van der Waals surface area contributed by atoms with Gasteiger partial charge in [0.25, 0.3) is 25.9 Å². The number of carbonyl (C=O) groups excluding carboxylic acids is 9. The number of piperazine rings is 3. The fraction of sp³-hybridized carbons (Fsp3) is 0.755. The molecule has 482 valence electrons. The zero-order chi connectivity index (χ0) is 64.3. The number of aliphatic hydroxyl groups is 2. The minimum atomic E-state index is -1.18. The second-order valence-electron chi connectivity index (χ2n) is 18.0. The van der Waals surface area contributed by atoms with E-state index in [9.17, 15) is 57.5 Å². The monoisotopic (exact) mass is 1200 g/mol. The number of nitrogens with zero attached hydrogens (tertiary/aromatic N) is 5. The molecule has 13 N–H and O–H groups in total. The van der Waals surface area contributed by atoms with Crippen molar-refractivity contribution >= 4 is 73.5 Å². The molecule has 3 aliphatic heterocycles. The Morgan fingerprint density at radius 3 is 1.70 bits per heavy atom. The number of amides is 3. The molecule has 3 aliphatic rings. The van der Waals surface area contributed by atoms with Crippen molar-refractivity contribution in [2.75, 3.05) is 155 Å². The van der Waals surface area contributed by atoms with E-state index in [1.165, 1.54) is 31.0 Å². The van der Waals surface area contributed by atoms with Crippen molar-refractivity contribution in [1.82, 2.24) is 45.8 Å². The van der Waals surface area contributed by atoms with Crippen molar-refractivity contribution in [2.45, 2.75) is 87.7 Å². The van der Waals surface area contributed by atoms with Gasteiger partial charge in [0.2, 0.25) is 17.7 Å². The Morgan fingerprint density at radius 1 is 0.723 bits per heavy atom. The number of carboxylic acids is 3. The van der Waals surface area contributed by atoms with Crippen LogP contribution >= 0.6 is 0 Å². The fourth-order valence-corrected chi connectivity index (χ4v) is 6.73. The van der Waals surface area contributed by atoms with Crippen LogP contribution in [0.1, 0.15) is 45.4 Å². The van der Waals surface area contributed by atoms with Gasteiger partial charge < -0.3 is 111 Å². The van der Waals surface area contributed by atoms with E-state index < -0.39 is 60.1 Å². The zero-order valence-electron chi connectivity index (χ0n) is 49.2. The van der Waals surface area contributed by atoms with Crippen LogP contribution in [-0.4, -0.2) is 321 Å². The van der Waals surface area contributed by atoms with E-state index in [-0.39, 0.29) is 96.1 Å². The number of carboxylic acid groups (broad SMARTS) is 3. The molecule has 0 bridgehead atoms. The van der Waals surface area contributed by atoms with Gasteiger partial charge in [0, 0.05) is 97.9 Å². The van der Waals surface area contributed by atoms with Crippen LogP contribution in [-0.2, 0) is 86.0 Å². The standard InChI is InChI=1S/C11H20N2O5.C8H12N2O4.C8H18N2O.C7H16N2O.C6H11NO4.C5H9NO4.C4H7NO4/c1-4-18-10(15)7-13(3)11(16)9(12-2)5-6-17-8-14;1-10-4-6(11)9-5(8(10)13)3-7(12)14-2;1-9-4-5-10(2)8(7-9)3-6-11;1-9-4-3-8-7(6-9)2-5-10;1-7-5(6(9)10)2-3-11-4-8;6-4(5(8)9)1-2-10-3-7;5-3(4(7)8)1-9-2-6/h8-9,12H,4-7H2,1-3H3;5H,3-4H2,1-2H3,(H,9,11);8,11H,3-7H2,1-2H3;7-8,10H,2-6H2,1H3;4-5,7H,2-3H2,1H3,(H,9,10);3-4H,1-2,6H2,(H,8,9);2-3H,1,5H2,(H,7,8)/t9-;5-;8-;7-;5-;4-;3-/m1111111/s1. The number of aliphatic carboxylic acids is 3. The van der Waals surface area contributed by atoms with Crippen LogP contribution in [0.25, 0.3) is 0 Å². The summed E-state index contributed by atoms with van der Waals surface area (Å²) in [7, 11) is 13.8. The summed E-state index contributed by atoms with van der Waals surface area (Å²) in [5.74, 6) is -4.96. The highest BCUT2D eigenvalue weighted by Crippen LogP contribution is 2.09. The topological polar surface area (TPSA) is 478 Å². The van der Waals surface area contributed by atoms with E-state index in [1.54, 1.807) is 21.0 Å². The Balaban J connectivity index is -0.000000444. The van der Waals surface area contributed by atoms with Crippen molar-refractivity contribution in [3.05, 3.63) is 0 Å². The van der Waals surface area contributed by atoms with Crippen LogP contribution in [0, 0.1) is 0 Å². The lowest BCUT2D eigenvalue weighted by Gasteiger charge is -2.37. The largest absolute Gasteiger partial charge is 0.480 e. The molecule has 3 saturated heterocycles. The molecule has 7 atom stereocenters. The first kappa shape index (κ1) is 82.7. The van der Waals surface area contributed by atoms with Crippen molar-refractivity contribution in [2.24, 2.45) is 11.5 Å². The Morgan fingerprint density at radius 2 is 1.24 bits per heavy atom. The van der Waals surface area contributed by atoms with E-state index >= 15 is 0 Å². The maximum absolute atomic E-state index is 11.9. The number of nitrogens with two attached hydrogens (primary N) is 2. The highest BCUT2D eigenvalue weighted by Gasteiger charge is 2.32. The van der Waals surface area contributed by atoms with E-state index in [0.717, 1.165) is 52.1 Å². The van der Waals surface area contributed by atoms with Gasteiger partial charge in [0.05, 0.1) is 52.5 Å². The summed E-state index contributed by atoms with van der Waals surface area (Å²) < 4.78 is 26.3. The summed E-state index contributed by atoms with van der Waals surface area (Å²) in [6, 6.07) is -2.93. The SMILES string of the molecule is CCOC(=O)CN(C)C(=O)[C@@H](CCOC=O)NC.CN1CCN(C)[C@H](CCO)C1.CN1CCN[C@H](CCO)C1.CN[C@H](CCOC=O)C(=O)O.COC(=O)C[C@H]1NC(=O)CN(C)C1=O.N[C@H](CCOC=O)C(=O)O.N[C@H](COC=O)C(=O)O. The molecule has 0 aliphatic carbocycles. The van der Waals surface area contributed by atoms with E-state index in [1.807, 2.05) is 0 Å². The summed E-state index contributed by atoms with van der Waals surface area (Å²) in [6.07, 6.45) is 2.44. The first-order valence-corrected chi connectivity index (χ1v) is 26.0. The quantitative estimate of drug-likeness (QED) is 0.0138. The van der Waals surface area contributed by atoms with Gasteiger partial charge in [-0.1, -0.05) is 0 Å². The van der Waals surface area contributed by atoms with Crippen molar-refractivity contribution < 1.29 is 111 Å². The summed E-state index contributed by atoms with van der Waals surface area (Å²) in [5, 5.41) is 53.3. The summed E-state index contributed by atoms with van der Waals surface area (Å²) in [6.45, 7) is 10.2. The highest BCUT2D eigenvalue weighted by atomic mass is 16.5. The van der Waals surface area contributed by atoms with Crippen LogP contribution in [0.2, 0.25) is 0 Å². The maximum Gasteiger partial charge on any atom is 0.325 e. The van der Waals surface area contributed by atoms with E-state index in [2.05, 4.69) is 80.8 Å². The van der Waals surface area contributed by atoms with Crippen LogP contribution in [0.5, 0.6) is 0 Å². The molecule has 0 saturated carbocycles. The number of carbonyl (C=O) groups is 12. The molecule has 83 heavy (non-hydrogen) atoms. The predicted molar refractivity (Wildman–Crippen MR) is 294 cm³/mol. The zero-order valence-corrected chi connectivity index (χ0v) is 49.2. The molecule has 0 spiro atoms. The molecule has 0 radical (unpaired) electrons. The molecule has 3 heterocycles. The first-order valence-electron chi connectivity index (χ1n) is 26.0. The number of likely N-dealkylation sites (N-methyl/N-ethyl adjacent to an activating group) is 7. The van der Waals surface area contributed by atoms with Crippen LogP contribution in [0.3, 0.4) is 0 Å². The molecule has 0 aromatic heterocycles. The van der Waals surface area contributed by atoms with Crippen molar-refractivity contribution in [3.63, 3.8) is 0 Å². The van der Waals surface area contributed by atoms with Gasteiger partial charge >= 0.3 is 29.8 Å². The fourth-order valence-electron chi connectivity index (χ4n) is 6.73. The molecule has 0 aromatic carbocycles. The van der Waals surface area contributed by atoms with E-state index in [4.69, 9.17) is 41.7 Å². The third-order valence-corrected chi connectivity index (χ3v) is 11.5. The van der Waals surface area contributed by atoms with E-state index in [0.29, 0.717) is 44.7 Å².